The minimum atomic E-state index is 0. The smallest absolute Gasteiger partial charge is 0.222 e. The molecule has 16 heavy (non-hydrogen) atoms. The van der Waals surface area contributed by atoms with Crippen LogP contribution in [0, 0.1) is 11.8 Å². The van der Waals surface area contributed by atoms with Gasteiger partial charge in [-0.1, -0.05) is 13.8 Å². The Kier molecular flexibility index (Phi) is 7.00. The molecule has 0 aromatic carbocycles. The van der Waals surface area contributed by atoms with Crippen molar-refractivity contribution in [3.63, 3.8) is 0 Å². The SMILES string of the molecule is CC(C)CC(=O)N1CCC(C(C)N)CC1.Cl. The predicted octanol–water partition coefficient (Wildman–Crippen LogP) is 2.04. The van der Waals surface area contributed by atoms with Crippen molar-refractivity contribution < 1.29 is 4.79 Å². The van der Waals surface area contributed by atoms with Gasteiger partial charge in [0.1, 0.15) is 0 Å². The van der Waals surface area contributed by atoms with Crippen LogP contribution in [0.5, 0.6) is 0 Å². The van der Waals surface area contributed by atoms with Crippen LogP contribution in [0.4, 0.5) is 0 Å². The number of carbonyl (C=O) groups excluding carboxylic acids is 1. The van der Waals surface area contributed by atoms with Gasteiger partial charge in [-0.2, -0.15) is 0 Å². The molecule has 0 radical (unpaired) electrons. The fraction of sp³-hybridized carbons (Fsp3) is 0.917. The molecule has 1 rings (SSSR count). The van der Waals surface area contributed by atoms with Gasteiger partial charge in [0.2, 0.25) is 5.91 Å². The summed E-state index contributed by atoms with van der Waals surface area (Å²) in [6.07, 6.45) is 2.83. The van der Waals surface area contributed by atoms with Gasteiger partial charge in [-0.15, -0.1) is 12.4 Å². The van der Waals surface area contributed by atoms with Gasteiger partial charge in [0.05, 0.1) is 0 Å². The number of halogens is 1. The topological polar surface area (TPSA) is 46.3 Å². The Morgan fingerprint density at radius 1 is 1.31 bits per heavy atom. The maximum absolute atomic E-state index is 11.8. The summed E-state index contributed by atoms with van der Waals surface area (Å²) in [6, 6.07) is 0.271. The standard InChI is InChI=1S/C12H24N2O.ClH/c1-9(2)8-12(15)14-6-4-11(5-7-14)10(3)13;/h9-11H,4-8,13H2,1-3H3;1H. The van der Waals surface area contributed by atoms with E-state index in [-0.39, 0.29) is 18.4 Å². The molecular weight excluding hydrogens is 224 g/mol. The maximum atomic E-state index is 11.8. The first-order valence-electron chi connectivity index (χ1n) is 6.04. The third-order valence-corrected chi connectivity index (χ3v) is 3.22. The number of likely N-dealkylation sites (tertiary alicyclic amines) is 1. The largest absolute Gasteiger partial charge is 0.343 e. The number of nitrogens with two attached hydrogens (primary N) is 1. The summed E-state index contributed by atoms with van der Waals surface area (Å²) in [6.45, 7) is 8.05. The lowest BCUT2D eigenvalue weighted by Gasteiger charge is -2.34. The van der Waals surface area contributed by atoms with Crippen molar-refractivity contribution in [2.24, 2.45) is 17.6 Å². The summed E-state index contributed by atoms with van der Waals surface area (Å²) in [5, 5.41) is 0. The molecule has 3 nitrogen and oxygen atoms in total. The Morgan fingerprint density at radius 3 is 2.19 bits per heavy atom. The molecule has 0 aliphatic carbocycles. The van der Waals surface area contributed by atoms with Gasteiger partial charge in [-0.05, 0) is 31.6 Å². The van der Waals surface area contributed by atoms with Crippen molar-refractivity contribution in [2.75, 3.05) is 13.1 Å². The highest BCUT2D eigenvalue weighted by Gasteiger charge is 2.24. The van der Waals surface area contributed by atoms with E-state index in [9.17, 15) is 4.79 Å². The number of rotatable bonds is 3. The number of hydrogen-bond acceptors (Lipinski definition) is 2. The molecule has 1 aliphatic rings. The van der Waals surface area contributed by atoms with Crippen molar-refractivity contribution in [2.45, 2.75) is 46.1 Å². The number of piperidine rings is 1. The second-order valence-electron chi connectivity index (χ2n) is 5.18. The van der Waals surface area contributed by atoms with E-state index in [1.807, 2.05) is 4.90 Å². The molecule has 0 bridgehead atoms. The minimum Gasteiger partial charge on any atom is -0.343 e. The van der Waals surface area contributed by atoms with Gasteiger partial charge < -0.3 is 10.6 Å². The molecule has 0 aromatic rings. The fourth-order valence-electron chi connectivity index (χ4n) is 2.15. The number of nitrogens with zero attached hydrogens (tertiary/aromatic N) is 1. The minimum absolute atomic E-state index is 0. The molecule has 1 atom stereocenters. The lowest BCUT2D eigenvalue weighted by Crippen LogP contribution is -2.42. The monoisotopic (exact) mass is 248 g/mol. The first-order chi connectivity index (χ1) is 7.00. The molecule has 1 aliphatic heterocycles. The lowest BCUT2D eigenvalue weighted by atomic mass is 9.90. The third kappa shape index (κ3) is 4.71. The molecule has 0 aromatic heterocycles. The van der Waals surface area contributed by atoms with Crippen LogP contribution in [-0.4, -0.2) is 29.9 Å². The molecule has 1 amide bonds. The zero-order chi connectivity index (χ0) is 11.4. The molecular formula is C12H25ClN2O. The Labute approximate surface area is 105 Å². The van der Waals surface area contributed by atoms with Gasteiger partial charge >= 0.3 is 0 Å². The summed E-state index contributed by atoms with van der Waals surface area (Å²) >= 11 is 0. The fourth-order valence-corrected chi connectivity index (χ4v) is 2.15. The molecule has 1 unspecified atom stereocenters. The molecule has 1 fully saturated rings. The zero-order valence-corrected chi connectivity index (χ0v) is 11.4. The van der Waals surface area contributed by atoms with Crippen molar-refractivity contribution in [1.82, 2.24) is 4.90 Å². The Balaban J connectivity index is 0.00000225. The van der Waals surface area contributed by atoms with Gasteiger partial charge in [-0.3, -0.25) is 4.79 Å². The summed E-state index contributed by atoms with van der Waals surface area (Å²) in [5.41, 5.74) is 5.87. The lowest BCUT2D eigenvalue weighted by molar-refractivity contribution is -0.133. The Bertz CT molecular complexity index is 211. The Hall–Kier alpha value is -0.280. The number of carbonyl (C=O) groups is 1. The zero-order valence-electron chi connectivity index (χ0n) is 10.6. The highest BCUT2D eigenvalue weighted by atomic mass is 35.5. The van der Waals surface area contributed by atoms with Crippen LogP contribution in [0.1, 0.15) is 40.0 Å². The summed E-state index contributed by atoms with van der Waals surface area (Å²) in [5.74, 6) is 1.38. The second-order valence-corrected chi connectivity index (χ2v) is 5.18. The summed E-state index contributed by atoms with van der Waals surface area (Å²) < 4.78 is 0. The summed E-state index contributed by atoms with van der Waals surface area (Å²) in [7, 11) is 0. The van der Waals surface area contributed by atoms with Crippen LogP contribution >= 0.6 is 12.4 Å². The molecule has 96 valence electrons. The average Bonchev–Trinajstić information content (AvgIpc) is 2.17. The molecule has 2 N–H and O–H groups in total. The van der Waals surface area contributed by atoms with Gasteiger partial charge in [0.25, 0.3) is 0 Å². The van der Waals surface area contributed by atoms with E-state index in [0.29, 0.717) is 24.2 Å². The molecule has 1 saturated heterocycles. The van der Waals surface area contributed by atoms with Crippen molar-refractivity contribution in [3.8, 4) is 0 Å². The average molecular weight is 249 g/mol. The summed E-state index contributed by atoms with van der Waals surface area (Å²) in [4.78, 5) is 13.8. The molecule has 0 saturated carbocycles. The van der Waals surface area contributed by atoms with Crippen LogP contribution in [0.2, 0.25) is 0 Å². The second kappa shape index (κ2) is 7.13. The highest BCUT2D eigenvalue weighted by Crippen LogP contribution is 2.20. The third-order valence-electron chi connectivity index (χ3n) is 3.22. The van der Waals surface area contributed by atoms with E-state index >= 15 is 0 Å². The molecule has 0 spiro atoms. The van der Waals surface area contributed by atoms with E-state index < -0.39 is 0 Å². The van der Waals surface area contributed by atoms with Crippen LogP contribution in [0.25, 0.3) is 0 Å². The van der Waals surface area contributed by atoms with Gasteiger partial charge in [-0.25, -0.2) is 0 Å². The van der Waals surface area contributed by atoms with Gasteiger partial charge in [0.15, 0.2) is 0 Å². The van der Waals surface area contributed by atoms with Crippen LogP contribution in [-0.2, 0) is 4.79 Å². The first-order valence-corrected chi connectivity index (χ1v) is 6.04. The van der Waals surface area contributed by atoms with E-state index in [2.05, 4.69) is 20.8 Å². The van der Waals surface area contributed by atoms with E-state index in [0.717, 1.165) is 25.9 Å². The van der Waals surface area contributed by atoms with E-state index in [4.69, 9.17) is 5.73 Å². The van der Waals surface area contributed by atoms with E-state index in [1.54, 1.807) is 0 Å². The highest BCUT2D eigenvalue weighted by molar-refractivity contribution is 5.85. The van der Waals surface area contributed by atoms with Crippen LogP contribution in [0.15, 0.2) is 0 Å². The van der Waals surface area contributed by atoms with Crippen molar-refractivity contribution >= 4 is 18.3 Å². The number of amides is 1. The quantitative estimate of drug-likeness (QED) is 0.831. The van der Waals surface area contributed by atoms with Crippen LogP contribution < -0.4 is 5.73 Å². The molecule has 1 heterocycles. The first kappa shape index (κ1) is 15.7. The predicted molar refractivity (Wildman–Crippen MR) is 69.7 cm³/mol. The number of hydrogen-bond donors (Lipinski definition) is 1. The van der Waals surface area contributed by atoms with Crippen molar-refractivity contribution in [3.05, 3.63) is 0 Å². The molecule has 4 heteroatoms. The van der Waals surface area contributed by atoms with E-state index in [1.165, 1.54) is 0 Å². The van der Waals surface area contributed by atoms with Crippen molar-refractivity contribution in [1.29, 1.82) is 0 Å². The van der Waals surface area contributed by atoms with Crippen LogP contribution in [0.3, 0.4) is 0 Å². The maximum Gasteiger partial charge on any atom is 0.222 e. The normalized spacial score (nSPS) is 19.4. The van der Waals surface area contributed by atoms with Gasteiger partial charge in [0, 0.05) is 25.6 Å². The Morgan fingerprint density at radius 2 is 1.81 bits per heavy atom.